The fraction of sp³-hybridized carbons (Fsp3) is 0.947. The van der Waals surface area contributed by atoms with Crippen molar-refractivity contribution in [2.45, 2.75) is 323 Å². The second kappa shape index (κ2) is 49.8. The molecular weight excluding hydrogens is 781 g/mol. The van der Waals surface area contributed by atoms with E-state index >= 15 is 0 Å². The summed E-state index contributed by atoms with van der Waals surface area (Å²) in [7, 11) is 0. The minimum Gasteiger partial charge on any atom is -0.462 e. The molecule has 0 fully saturated rings. The Hall–Kier alpha value is -1.59. The van der Waals surface area contributed by atoms with Gasteiger partial charge in [0.1, 0.15) is 13.2 Å². The van der Waals surface area contributed by atoms with Crippen molar-refractivity contribution >= 4 is 17.9 Å². The molecular formula is C57H110O6. The third-order valence-electron chi connectivity index (χ3n) is 13.3. The summed E-state index contributed by atoms with van der Waals surface area (Å²) in [5, 5.41) is 0. The van der Waals surface area contributed by atoms with Crippen molar-refractivity contribution in [3.8, 4) is 0 Å². The van der Waals surface area contributed by atoms with Crippen LogP contribution in [-0.4, -0.2) is 37.2 Å². The number of ether oxygens (including phenoxy) is 3. The van der Waals surface area contributed by atoms with Gasteiger partial charge >= 0.3 is 17.9 Å². The Kier molecular flexibility index (Phi) is 48.6. The van der Waals surface area contributed by atoms with E-state index in [2.05, 4.69) is 34.6 Å². The molecule has 0 amide bonds. The van der Waals surface area contributed by atoms with Crippen LogP contribution in [0.25, 0.3) is 0 Å². The zero-order valence-electron chi connectivity index (χ0n) is 43.2. The average Bonchev–Trinajstić information content (AvgIpc) is 3.27. The second-order valence-electron chi connectivity index (χ2n) is 20.3. The maximum atomic E-state index is 12.8. The van der Waals surface area contributed by atoms with E-state index in [-0.39, 0.29) is 31.1 Å². The largest absolute Gasteiger partial charge is 0.462 e. The number of hydrogen-bond acceptors (Lipinski definition) is 6. The minimum absolute atomic E-state index is 0.0632. The number of esters is 3. The van der Waals surface area contributed by atoms with Crippen LogP contribution in [0.4, 0.5) is 0 Å². The lowest BCUT2D eigenvalue weighted by Gasteiger charge is -2.18. The molecule has 63 heavy (non-hydrogen) atoms. The third kappa shape index (κ3) is 49.7. The van der Waals surface area contributed by atoms with E-state index in [0.717, 1.165) is 69.6 Å². The van der Waals surface area contributed by atoms with Crippen molar-refractivity contribution in [1.82, 2.24) is 0 Å². The average molecular weight is 892 g/mol. The fourth-order valence-electron chi connectivity index (χ4n) is 8.66. The molecule has 0 aromatic rings. The predicted molar refractivity (Wildman–Crippen MR) is 270 cm³/mol. The summed E-state index contributed by atoms with van der Waals surface area (Å²) in [6, 6.07) is 0. The van der Waals surface area contributed by atoms with E-state index in [1.54, 1.807) is 0 Å². The lowest BCUT2D eigenvalue weighted by atomic mass is 9.99. The Bertz CT molecular complexity index is 964. The summed E-state index contributed by atoms with van der Waals surface area (Å²) in [6.07, 6.45) is 52.4. The summed E-state index contributed by atoms with van der Waals surface area (Å²) < 4.78 is 16.8. The van der Waals surface area contributed by atoms with E-state index in [0.29, 0.717) is 19.3 Å². The Morgan fingerprint density at radius 3 is 0.905 bits per heavy atom. The molecule has 0 aromatic carbocycles. The van der Waals surface area contributed by atoms with Crippen LogP contribution in [0.1, 0.15) is 317 Å². The van der Waals surface area contributed by atoms with E-state index in [1.165, 1.54) is 205 Å². The van der Waals surface area contributed by atoms with Gasteiger partial charge in [0, 0.05) is 19.3 Å². The van der Waals surface area contributed by atoms with Crippen molar-refractivity contribution < 1.29 is 28.6 Å². The smallest absolute Gasteiger partial charge is 0.306 e. The van der Waals surface area contributed by atoms with Gasteiger partial charge in [-0.25, -0.2) is 0 Å². The van der Waals surface area contributed by atoms with Gasteiger partial charge in [0.05, 0.1) is 0 Å². The third-order valence-corrected chi connectivity index (χ3v) is 13.3. The van der Waals surface area contributed by atoms with E-state index in [1.807, 2.05) is 0 Å². The van der Waals surface area contributed by atoms with Crippen LogP contribution in [0, 0.1) is 11.8 Å². The molecule has 0 radical (unpaired) electrons. The number of rotatable bonds is 51. The molecule has 0 saturated carbocycles. The Balaban J connectivity index is 4.18. The fourth-order valence-corrected chi connectivity index (χ4v) is 8.66. The van der Waals surface area contributed by atoms with Crippen LogP contribution < -0.4 is 0 Å². The first kappa shape index (κ1) is 61.4. The summed E-state index contributed by atoms with van der Waals surface area (Å²) in [6.45, 7) is 11.4. The van der Waals surface area contributed by atoms with Gasteiger partial charge < -0.3 is 14.2 Å². The highest BCUT2D eigenvalue weighted by Gasteiger charge is 2.19. The van der Waals surface area contributed by atoms with Gasteiger partial charge in [0.15, 0.2) is 6.10 Å². The summed E-state index contributed by atoms with van der Waals surface area (Å²) >= 11 is 0. The molecule has 374 valence electrons. The number of unbranched alkanes of at least 4 members (excludes halogenated alkanes) is 35. The monoisotopic (exact) mass is 891 g/mol. The molecule has 1 unspecified atom stereocenters. The first-order valence-corrected chi connectivity index (χ1v) is 28.3. The molecule has 0 aliphatic rings. The molecule has 0 aliphatic carbocycles. The summed E-state index contributed by atoms with van der Waals surface area (Å²) in [5.41, 5.74) is 0. The lowest BCUT2D eigenvalue weighted by molar-refractivity contribution is -0.167. The molecule has 0 heterocycles. The van der Waals surface area contributed by atoms with Gasteiger partial charge in [-0.2, -0.15) is 0 Å². The van der Waals surface area contributed by atoms with Crippen LogP contribution >= 0.6 is 0 Å². The lowest BCUT2D eigenvalue weighted by Crippen LogP contribution is -2.30. The topological polar surface area (TPSA) is 78.9 Å². The van der Waals surface area contributed by atoms with Crippen molar-refractivity contribution in [2.24, 2.45) is 11.8 Å². The first-order chi connectivity index (χ1) is 30.8. The van der Waals surface area contributed by atoms with Gasteiger partial charge in [-0.15, -0.1) is 0 Å². The highest BCUT2D eigenvalue weighted by atomic mass is 16.6. The van der Waals surface area contributed by atoms with Crippen LogP contribution in [0.15, 0.2) is 0 Å². The standard InChI is InChI=1S/C57H110O6/c1-6-8-9-10-11-12-21-28-34-39-44-49-57(60)63-54(51-62-56(59)48-43-38-33-29-24-25-30-35-40-45-52(3)4)50-61-55(58)47-42-37-32-27-23-20-18-16-14-13-15-17-19-22-26-31-36-41-46-53(5)7-2/h52-54H,6-51H2,1-5H3/t53?,54-/m0/s1. The zero-order valence-corrected chi connectivity index (χ0v) is 43.2. The molecule has 0 bridgehead atoms. The number of carbonyl (C=O) groups is 3. The molecule has 0 aliphatic heterocycles. The Morgan fingerprint density at radius 2 is 0.603 bits per heavy atom. The zero-order chi connectivity index (χ0) is 46.1. The Morgan fingerprint density at radius 1 is 0.333 bits per heavy atom. The summed E-state index contributed by atoms with van der Waals surface area (Å²) in [4.78, 5) is 38.0. The second-order valence-corrected chi connectivity index (χ2v) is 20.3. The van der Waals surface area contributed by atoms with Gasteiger partial charge in [-0.1, -0.05) is 279 Å². The highest BCUT2D eigenvalue weighted by Crippen LogP contribution is 2.18. The van der Waals surface area contributed by atoms with Crippen LogP contribution in [0.2, 0.25) is 0 Å². The maximum absolute atomic E-state index is 12.8. The minimum atomic E-state index is -0.761. The quantitative estimate of drug-likeness (QED) is 0.0344. The van der Waals surface area contributed by atoms with E-state index < -0.39 is 6.10 Å². The van der Waals surface area contributed by atoms with Crippen LogP contribution in [0.5, 0.6) is 0 Å². The predicted octanol–water partition coefficient (Wildman–Crippen LogP) is 18.5. The number of carbonyl (C=O) groups excluding carboxylic acids is 3. The molecule has 2 atom stereocenters. The first-order valence-electron chi connectivity index (χ1n) is 28.3. The van der Waals surface area contributed by atoms with Crippen LogP contribution in [0.3, 0.4) is 0 Å². The molecule has 0 N–H and O–H groups in total. The maximum Gasteiger partial charge on any atom is 0.306 e. The van der Waals surface area contributed by atoms with Gasteiger partial charge in [0.25, 0.3) is 0 Å². The van der Waals surface area contributed by atoms with Crippen molar-refractivity contribution in [3.63, 3.8) is 0 Å². The normalized spacial score (nSPS) is 12.5. The van der Waals surface area contributed by atoms with Gasteiger partial charge in [0.2, 0.25) is 0 Å². The van der Waals surface area contributed by atoms with Gasteiger partial charge in [-0.3, -0.25) is 14.4 Å². The van der Waals surface area contributed by atoms with Crippen molar-refractivity contribution in [3.05, 3.63) is 0 Å². The SMILES string of the molecule is CCCCCCCCCCCCCC(=O)O[C@@H](COC(=O)CCCCCCCCCCCCCCCCCCCCC(C)CC)COC(=O)CCCCCCCCCCCC(C)C. The molecule has 0 saturated heterocycles. The van der Waals surface area contributed by atoms with Gasteiger partial charge in [-0.05, 0) is 31.1 Å². The van der Waals surface area contributed by atoms with Crippen molar-refractivity contribution in [2.75, 3.05) is 13.2 Å². The molecule has 0 spiro atoms. The molecule has 0 rings (SSSR count). The number of hydrogen-bond donors (Lipinski definition) is 0. The Labute approximate surface area is 393 Å². The molecule has 6 nitrogen and oxygen atoms in total. The highest BCUT2D eigenvalue weighted by molar-refractivity contribution is 5.71. The van der Waals surface area contributed by atoms with E-state index in [9.17, 15) is 14.4 Å². The van der Waals surface area contributed by atoms with Crippen molar-refractivity contribution in [1.29, 1.82) is 0 Å². The summed E-state index contributed by atoms with van der Waals surface area (Å²) in [5.74, 6) is 0.874. The molecule has 6 heteroatoms. The van der Waals surface area contributed by atoms with E-state index in [4.69, 9.17) is 14.2 Å². The van der Waals surface area contributed by atoms with Crippen LogP contribution in [-0.2, 0) is 28.6 Å². The molecule has 0 aromatic heterocycles.